The van der Waals surface area contributed by atoms with Gasteiger partial charge in [-0.25, -0.2) is 0 Å². The van der Waals surface area contributed by atoms with E-state index in [2.05, 4.69) is 21.2 Å². The molecular formula is C13H17BrN2O3S. The summed E-state index contributed by atoms with van der Waals surface area (Å²) in [6, 6.07) is 5.11. The minimum Gasteiger partial charge on any atom is -0.399 e. The Morgan fingerprint density at radius 1 is 1.55 bits per heavy atom. The molecule has 2 rings (SSSR count). The number of nitrogens with two attached hydrogens (primary N) is 1. The molecule has 0 spiro atoms. The fourth-order valence-corrected chi connectivity index (χ4v) is 3.66. The monoisotopic (exact) mass is 360 g/mol. The molecule has 0 aliphatic carbocycles. The summed E-state index contributed by atoms with van der Waals surface area (Å²) >= 11 is 3.32. The number of halogens is 1. The molecule has 1 aromatic rings. The molecule has 3 N–H and O–H groups in total. The molecule has 0 aromatic heterocycles. The molecule has 7 heteroatoms. The average Bonchev–Trinajstić information content (AvgIpc) is 2.85. The Labute approximate surface area is 128 Å². The van der Waals surface area contributed by atoms with Crippen molar-refractivity contribution in [1.29, 1.82) is 0 Å². The van der Waals surface area contributed by atoms with Crippen LogP contribution in [0, 0.1) is 0 Å². The minimum atomic E-state index is -1.20. The summed E-state index contributed by atoms with van der Waals surface area (Å²) in [4.78, 5) is 11.8. The van der Waals surface area contributed by atoms with E-state index in [1.165, 1.54) is 0 Å². The predicted octanol–water partition coefficient (Wildman–Crippen LogP) is 1.90. The molecule has 1 heterocycles. The molecule has 0 saturated carbocycles. The molecule has 1 amide bonds. The van der Waals surface area contributed by atoms with Gasteiger partial charge in [-0.2, -0.15) is 0 Å². The van der Waals surface area contributed by atoms with Crippen LogP contribution in [0.4, 0.5) is 11.4 Å². The Kier molecular flexibility index (Phi) is 5.56. The van der Waals surface area contributed by atoms with Crippen LogP contribution in [0.5, 0.6) is 0 Å². The van der Waals surface area contributed by atoms with Gasteiger partial charge in [0.15, 0.2) is 0 Å². The van der Waals surface area contributed by atoms with E-state index in [1.807, 2.05) is 0 Å². The summed E-state index contributed by atoms with van der Waals surface area (Å²) in [5.41, 5.74) is 6.86. The van der Waals surface area contributed by atoms with Crippen LogP contribution in [0.15, 0.2) is 22.7 Å². The number of nitrogen functional groups attached to an aromatic ring is 1. The van der Waals surface area contributed by atoms with Gasteiger partial charge in [0.1, 0.15) is 5.75 Å². The summed E-state index contributed by atoms with van der Waals surface area (Å²) in [7, 11) is -1.20. The van der Waals surface area contributed by atoms with Crippen molar-refractivity contribution in [3.63, 3.8) is 0 Å². The second-order valence-corrected chi connectivity index (χ2v) is 7.03. The standard InChI is InChI=1S/C13H17BrN2O3S/c14-11-6-9(15)3-4-12(11)16-13(17)8-20(18)7-10-2-1-5-19-10/h3-4,6,10H,1-2,5,7-8,15H2,(H,16,17). The highest BCUT2D eigenvalue weighted by Gasteiger charge is 2.20. The van der Waals surface area contributed by atoms with E-state index >= 15 is 0 Å². The summed E-state index contributed by atoms with van der Waals surface area (Å²) < 4.78 is 18.0. The Morgan fingerprint density at radius 2 is 2.35 bits per heavy atom. The first-order valence-corrected chi connectivity index (χ1v) is 8.64. The number of carbonyl (C=O) groups is 1. The lowest BCUT2D eigenvalue weighted by atomic mass is 10.3. The highest BCUT2D eigenvalue weighted by atomic mass is 79.9. The molecule has 1 aromatic carbocycles. The summed E-state index contributed by atoms with van der Waals surface area (Å²) in [5.74, 6) is 0.138. The maximum absolute atomic E-state index is 11.9. The second kappa shape index (κ2) is 7.19. The summed E-state index contributed by atoms with van der Waals surface area (Å²) in [6.07, 6.45) is 1.97. The molecule has 0 bridgehead atoms. The van der Waals surface area contributed by atoms with E-state index in [4.69, 9.17) is 10.5 Å². The molecule has 110 valence electrons. The van der Waals surface area contributed by atoms with E-state index in [9.17, 15) is 9.00 Å². The van der Waals surface area contributed by atoms with Crippen molar-refractivity contribution in [2.75, 3.05) is 29.2 Å². The lowest BCUT2D eigenvalue weighted by Crippen LogP contribution is -2.25. The van der Waals surface area contributed by atoms with E-state index < -0.39 is 10.8 Å². The third-order valence-corrected chi connectivity index (χ3v) is 4.94. The number of nitrogens with one attached hydrogen (secondary N) is 1. The van der Waals surface area contributed by atoms with Crippen LogP contribution < -0.4 is 11.1 Å². The third kappa shape index (κ3) is 4.57. The molecule has 5 nitrogen and oxygen atoms in total. The number of rotatable bonds is 5. The van der Waals surface area contributed by atoms with Gasteiger partial charge in [-0.1, -0.05) is 0 Å². The SMILES string of the molecule is Nc1ccc(NC(=O)CS(=O)CC2CCCO2)c(Br)c1. The van der Waals surface area contributed by atoms with Gasteiger partial charge in [-0.15, -0.1) is 0 Å². The van der Waals surface area contributed by atoms with Gasteiger partial charge in [-0.3, -0.25) is 9.00 Å². The molecule has 20 heavy (non-hydrogen) atoms. The molecule has 1 fully saturated rings. The first-order chi connectivity index (χ1) is 9.54. The van der Waals surface area contributed by atoms with Crippen LogP contribution in [0.1, 0.15) is 12.8 Å². The van der Waals surface area contributed by atoms with Crippen LogP contribution in [-0.2, 0) is 20.3 Å². The number of benzene rings is 1. The summed E-state index contributed by atoms with van der Waals surface area (Å²) in [6.45, 7) is 0.729. The van der Waals surface area contributed by atoms with Gasteiger partial charge in [0.05, 0.1) is 17.5 Å². The van der Waals surface area contributed by atoms with Crippen molar-refractivity contribution in [1.82, 2.24) is 0 Å². The Morgan fingerprint density at radius 3 is 3.00 bits per heavy atom. The van der Waals surface area contributed by atoms with Crippen molar-refractivity contribution < 1.29 is 13.7 Å². The fraction of sp³-hybridized carbons (Fsp3) is 0.462. The number of carbonyl (C=O) groups excluding carboxylic acids is 1. The molecule has 1 aliphatic heterocycles. The number of anilines is 2. The molecular weight excluding hydrogens is 344 g/mol. The lowest BCUT2D eigenvalue weighted by Gasteiger charge is -2.10. The maximum Gasteiger partial charge on any atom is 0.237 e. The highest BCUT2D eigenvalue weighted by Crippen LogP contribution is 2.24. The zero-order chi connectivity index (χ0) is 14.5. The second-order valence-electron chi connectivity index (χ2n) is 4.67. The van der Waals surface area contributed by atoms with E-state index in [0.717, 1.165) is 19.4 Å². The number of amides is 1. The van der Waals surface area contributed by atoms with Crippen LogP contribution in [0.25, 0.3) is 0 Å². The van der Waals surface area contributed by atoms with E-state index in [-0.39, 0.29) is 17.8 Å². The van der Waals surface area contributed by atoms with Crippen molar-refractivity contribution >= 4 is 44.0 Å². The van der Waals surface area contributed by atoms with Gasteiger partial charge in [-0.05, 0) is 47.0 Å². The maximum atomic E-state index is 11.9. The van der Waals surface area contributed by atoms with E-state index in [0.29, 0.717) is 21.6 Å². The highest BCUT2D eigenvalue weighted by molar-refractivity contribution is 9.10. The van der Waals surface area contributed by atoms with Crippen LogP contribution >= 0.6 is 15.9 Å². The third-order valence-electron chi connectivity index (χ3n) is 2.96. The fourth-order valence-electron chi connectivity index (χ4n) is 2.01. The van der Waals surface area contributed by atoms with Gasteiger partial charge in [0, 0.05) is 27.6 Å². The van der Waals surface area contributed by atoms with E-state index in [1.54, 1.807) is 18.2 Å². The Balaban J connectivity index is 1.83. The first-order valence-electron chi connectivity index (χ1n) is 6.36. The Bertz CT molecular complexity index is 518. The largest absolute Gasteiger partial charge is 0.399 e. The van der Waals surface area contributed by atoms with Gasteiger partial charge < -0.3 is 15.8 Å². The van der Waals surface area contributed by atoms with Gasteiger partial charge in [0.2, 0.25) is 5.91 Å². The van der Waals surface area contributed by atoms with Gasteiger partial charge >= 0.3 is 0 Å². The van der Waals surface area contributed by atoms with Crippen LogP contribution in [-0.4, -0.2) is 34.3 Å². The molecule has 2 atom stereocenters. The number of hydrogen-bond donors (Lipinski definition) is 2. The van der Waals surface area contributed by atoms with Crippen molar-refractivity contribution in [3.8, 4) is 0 Å². The average molecular weight is 361 g/mol. The minimum absolute atomic E-state index is 0.0172. The van der Waals surface area contributed by atoms with Crippen molar-refractivity contribution in [3.05, 3.63) is 22.7 Å². The first kappa shape index (κ1) is 15.5. The normalized spacial score (nSPS) is 19.8. The van der Waals surface area contributed by atoms with Crippen LogP contribution in [0.2, 0.25) is 0 Å². The molecule has 1 aliphatic rings. The van der Waals surface area contributed by atoms with Crippen LogP contribution in [0.3, 0.4) is 0 Å². The summed E-state index contributed by atoms with van der Waals surface area (Å²) in [5, 5.41) is 2.72. The number of ether oxygens (including phenoxy) is 1. The smallest absolute Gasteiger partial charge is 0.237 e. The molecule has 1 saturated heterocycles. The molecule has 2 unspecified atom stereocenters. The zero-order valence-corrected chi connectivity index (χ0v) is 13.3. The Hall–Kier alpha value is -0.920. The quantitative estimate of drug-likeness (QED) is 0.785. The topological polar surface area (TPSA) is 81.4 Å². The lowest BCUT2D eigenvalue weighted by molar-refractivity contribution is -0.113. The van der Waals surface area contributed by atoms with Crippen molar-refractivity contribution in [2.24, 2.45) is 0 Å². The zero-order valence-electron chi connectivity index (χ0n) is 10.9. The van der Waals surface area contributed by atoms with Gasteiger partial charge in [0.25, 0.3) is 0 Å². The number of hydrogen-bond acceptors (Lipinski definition) is 4. The predicted molar refractivity (Wildman–Crippen MR) is 84.0 cm³/mol. The van der Waals surface area contributed by atoms with Crippen molar-refractivity contribution in [2.45, 2.75) is 18.9 Å². The molecule has 0 radical (unpaired) electrons.